The van der Waals surface area contributed by atoms with E-state index in [-0.39, 0.29) is 73.1 Å². The number of fused-ring (bicyclic) bond motifs is 3. The number of halogens is 1. The van der Waals surface area contributed by atoms with Gasteiger partial charge >= 0.3 is 0 Å². The highest BCUT2D eigenvalue weighted by Crippen LogP contribution is 2.52. The van der Waals surface area contributed by atoms with Gasteiger partial charge in [-0.3, -0.25) is 38.5 Å². The number of β-amino-alcohol motifs (C(OH)–C–C–N with tert-alkyl or cyclic N) is 1. The maximum absolute atomic E-state index is 14.5. The minimum atomic E-state index is -0.918. The number of hydrogen-bond acceptors (Lipinski definition) is 13. The van der Waals surface area contributed by atoms with E-state index in [1.54, 1.807) is 22.7 Å². The molecule has 3 aromatic heterocycles. The van der Waals surface area contributed by atoms with Crippen molar-refractivity contribution in [2.45, 2.75) is 143 Å². The molecule has 10 rings (SSSR count). The first-order chi connectivity index (χ1) is 35.6. The van der Waals surface area contributed by atoms with Crippen LogP contribution in [0.3, 0.4) is 0 Å². The Balaban J connectivity index is 0.722. The topological polar surface area (TPSA) is 181 Å². The summed E-state index contributed by atoms with van der Waals surface area (Å²) in [6.45, 7) is 23.3. The van der Waals surface area contributed by atoms with E-state index in [1.807, 2.05) is 100 Å². The van der Waals surface area contributed by atoms with Gasteiger partial charge in [-0.2, -0.15) is 0 Å². The molecular weight excluding hydrogens is 1010 g/mol. The molecule has 4 fully saturated rings. The average Bonchev–Trinajstić information content (AvgIpc) is 4.12. The van der Waals surface area contributed by atoms with E-state index in [1.165, 1.54) is 9.78 Å². The largest absolute Gasteiger partial charge is 0.391 e. The van der Waals surface area contributed by atoms with Gasteiger partial charge in [-0.15, -0.1) is 32.9 Å². The Morgan fingerprint density at radius 3 is 2.27 bits per heavy atom. The van der Waals surface area contributed by atoms with Gasteiger partial charge in [-0.1, -0.05) is 68.8 Å². The Hall–Kier alpha value is -5.37. The van der Waals surface area contributed by atoms with Gasteiger partial charge in [0, 0.05) is 83.7 Å². The predicted octanol–water partition coefficient (Wildman–Crippen LogP) is 7.38. The molecule has 0 unspecified atom stereocenters. The van der Waals surface area contributed by atoms with Crippen LogP contribution in [0.1, 0.15) is 124 Å². The van der Waals surface area contributed by atoms with E-state index in [9.17, 15) is 24.3 Å². The highest BCUT2D eigenvalue weighted by atomic mass is 35.5. The Labute approximate surface area is 453 Å². The summed E-state index contributed by atoms with van der Waals surface area (Å²) in [6.07, 6.45) is 1.47. The van der Waals surface area contributed by atoms with E-state index < -0.39 is 29.6 Å². The number of thiazole rings is 1. The highest BCUT2D eigenvalue weighted by molar-refractivity contribution is 7.15. The van der Waals surface area contributed by atoms with Crippen molar-refractivity contribution in [1.82, 2.24) is 50.0 Å². The number of piperazine rings is 1. The quantitative estimate of drug-likeness (QED) is 0.114. The summed E-state index contributed by atoms with van der Waals surface area (Å²) in [7, 11) is 0. The molecule has 7 atom stereocenters. The van der Waals surface area contributed by atoms with Crippen LogP contribution >= 0.6 is 34.3 Å². The molecule has 16 nitrogen and oxygen atoms in total. The van der Waals surface area contributed by atoms with Gasteiger partial charge in [0.2, 0.25) is 23.6 Å². The Morgan fingerprint density at radius 2 is 1.60 bits per heavy atom. The molecule has 0 bridgehead atoms. The number of aromatic nitrogens is 4. The van der Waals surface area contributed by atoms with Crippen LogP contribution in [-0.4, -0.2) is 149 Å². The van der Waals surface area contributed by atoms with Gasteiger partial charge in [0.1, 0.15) is 29.0 Å². The minimum absolute atomic E-state index is 0.00700. The van der Waals surface area contributed by atoms with Crippen LogP contribution in [0.15, 0.2) is 59.0 Å². The summed E-state index contributed by atoms with van der Waals surface area (Å²) >= 11 is 9.60. The smallest absolute Gasteiger partial charge is 0.246 e. The minimum Gasteiger partial charge on any atom is -0.391 e. The molecule has 19 heteroatoms. The lowest BCUT2D eigenvalue weighted by Crippen LogP contribution is -2.70. The zero-order chi connectivity index (χ0) is 53.4. The number of hydrogen-bond donors (Lipinski definition) is 3. The molecule has 75 heavy (non-hydrogen) atoms. The third-order valence-corrected chi connectivity index (χ3v) is 18.9. The van der Waals surface area contributed by atoms with Crippen molar-refractivity contribution in [3.8, 4) is 15.4 Å². The zero-order valence-electron chi connectivity index (χ0n) is 44.7. The molecule has 7 heterocycles. The molecule has 1 saturated carbocycles. The van der Waals surface area contributed by atoms with Crippen LogP contribution in [0.5, 0.6) is 0 Å². The lowest BCUT2D eigenvalue weighted by atomic mass is 9.60. The van der Waals surface area contributed by atoms with Gasteiger partial charge in [0.05, 0.1) is 46.9 Å². The van der Waals surface area contributed by atoms with Gasteiger partial charge < -0.3 is 25.5 Å². The molecular formula is C56H70ClN11O5S2. The molecule has 4 aliphatic heterocycles. The molecule has 4 amide bonds. The number of carbonyl (C=O) groups excluding carboxylic acids is 4. The summed E-state index contributed by atoms with van der Waals surface area (Å²) in [5.74, 6) is 0.532. The van der Waals surface area contributed by atoms with Crippen molar-refractivity contribution in [3.63, 3.8) is 0 Å². The molecule has 5 aromatic rings. The normalized spacial score (nSPS) is 23.6. The van der Waals surface area contributed by atoms with Gasteiger partial charge in [-0.05, 0) is 95.5 Å². The number of amides is 4. The number of thiophene rings is 1. The second-order valence-corrected chi connectivity index (χ2v) is 25.6. The third kappa shape index (κ3) is 10.3. The fourth-order valence-electron chi connectivity index (χ4n) is 12.2. The molecule has 1 aliphatic carbocycles. The molecule has 3 N–H and O–H groups in total. The van der Waals surface area contributed by atoms with Crippen molar-refractivity contribution in [2.75, 3.05) is 39.3 Å². The van der Waals surface area contributed by atoms with Gasteiger partial charge in [0.25, 0.3) is 0 Å². The van der Waals surface area contributed by atoms with Crippen LogP contribution < -0.4 is 10.6 Å². The van der Waals surface area contributed by atoms with Gasteiger partial charge in [-0.25, -0.2) is 4.98 Å². The van der Waals surface area contributed by atoms with E-state index in [2.05, 4.69) is 67.9 Å². The molecule has 3 saturated heterocycles. The number of likely N-dealkylation sites (tertiary alicyclic amines) is 2. The summed E-state index contributed by atoms with van der Waals surface area (Å²) in [5, 5.41) is 27.7. The summed E-state index contributed by atoms with van der Waals surface area (Å²) in [4.78, 5) is 76.7. The first-order valence-corrected chi connectivity index (χ1v) is 28.4. The van der Waals surface area contributed by atoms with E-state index in [0.717, 1.165) is 87.4 Å². The standard InChI is InChI=1S/C56H70ClN11O5S2/c1-30-24-66(41-21-56(22-41)27-65(28-56)46(71)20-43-51-63-62-36(7)68(51)54-47(32(3)35(6)75-54)48(60-43)38-15-17-40(57)18-16-38)31(2)23-64(30)26-45(70)61-50(55(8,9)10)53(73)67-25-42(69)19-44(67)52(72)59-33(4)37-11-13-39(14-12-37)49-34(5)58-29-74-49/h11-18,29-31,33,41-44,50,69H,19-28H2,1-10H3,(H,59,72)(H,61,70)/t30-,31+,33-,42+,43-,44-,50+/m0/s1. The number of nitrogens with zero attached hydrogens (tertiary/aromatic N) is 9. The molecule has 5 aliphatic rings. The van der Waals surface area contributed by atoms with Crippen LogP contribution in [0, 0.1) is 38.5 Å². The number of aliphatic hydroxyl groups is 1. The Kier molecular flexibility index (Phi) is 14.5. The number of aryl methyl sites for hydroxylation is 3. The first-order valence-electron chi connectivity index (χ1n) is 26.3. The maximum Gasteiger partial charge on any atom is 0.246 e. The summed E-state index contributed by atoms with van der Waals surface area (Å²) < 4.78 is 2.09. The number of nitrogens with one attached hydrogen (secondary N) is 2. The van der Waals surface area contributed by atoms with Gasteiger partial charge in [0.15, 0.2) is 5.82 Å². The van der Waals surface area contributed by atoms with Crippen LogP contribution in [0.4, 0.5) is 0 Å². The number of aliphatic hydroxyl groups excluding tert-OH is 1. The SMILES string of the molecule is Cc1ncsc1-c1ccc([C@H](C)NC(=O)[C@@H]2C[C@@H](O)CN2C(=O)[C@@H](NC(=O)CN2C[C@@H](C)N(C3CC4(C3)CN(C(=O)C[C@@H]3N=C(c5ccc(Cl)cc5)c5c(sc(C)c5C)-n5c(C)nnc53)C4)C[C@@H]2C)C(C)(C)C)cc1. The van der Waals surface area contributed by atoms with E-state index >= 15 is 0 Å². The Morgan fingerprint density at radius 1 is 0.907 bits per heavy atom. The zero-order valence-corrected chi connectivity index (χ0v) is 47.1. The third-order valence-electron chi connectivity index (χ3n) is 16.5. The van der Waals surface area contributed by atoms with Crippen molar-refractivity contribution < 1.29 is 24.3 Å². The second kappa shape index (κ2) is 20.5. The van der Waals surface area contributed by atoms with Crippen LogP contribution in [0.25, 0.3) is 15.4 Å². The fraction of sp³-hybridized carbons (Fsp3) is 0.536. The molecule has 2 aromatic carbocycles. The second-order valence-electron chi connectivity index (χ2n) is 23.1. The maximum atomic E-state index is 14.5. The molecule has 398 valence electrons. The molecule has 0 radical (unpaired) electrons. The van der Waals surface area contributed by atoms with Crippen molar-refractivity contribution >= 4 is 63.6 Å². The van der Waals surface area contributed by atoms with E-state index in [0.29, 0.717) is 23.4 Å². The fourth-order valence-corrected chi connectivity index (χ4v) is 14.3. The number of rotatable bonds is 12. The van der Waals surface area contributed by atoms with Crippen molar-refractivity contribution in [1.29, 1.82) is 0 Å². The lowest BCUT2D eigenvalue weighted by Gasteiger charge is -2.63. The first kappa shape index (κ1) is 53.0. The Bertz CT molecular complexity index is 3020. The lowest BCUT2D eigenvalue weighted by molar-refractivity contribution is -0.162. The monoisotopic (exact) mass is 1080 g/mol. The predicted molar refractivity (Wildman–Crippen MR) is 293 cm³/mol. The van der Waals surface area contributed by atoms with Crippen molar-refractivity contribution in [2.24, 2.45) is 15.8 Å². The number of benzene rings is 2. The molecule has 1 spiro atoms. The van der Waals surface area contributed by atoms with Crippen LogP contribution in [-0.2, 0) is 19.2 Å². The average molecular weight is 1080 g/mol. The van der Waals surface area contributed by atoms with Crippen LogP contribution in [0.2, 0.25) is 5.02 Å². The summed E-state index contributed by atoms with van der Waals surface area (Å²) in [5.41, 5.74) is 8.17. The summed E-state index contributed by atoms with van der Waals surface area (Å²) in [6, 6.07) is 13.8. The number of carbonyl (C=O) groups is 4. The van der Waals surface area contributed by atoms with Crippen molar-refractivity contribution in [3.05, 3.63) is 104 Å². The highest BCUT2D eigenvalue weighted by Gasteiger charge is 2.56. The number of aliphatic imine (C=N–C) groups is 1. The van der Waals surface area contributed by atoms with E-state index in [4.69, 9.17) is 16.6 Å².